The standard InChI is InChI=1S/C27H33N3O6/c1-6-8-11-14-29-25(31)22(26(32)36-7-2)23(30-19-13-10-9-12-18(19)28-27(29)30)17-15-20(33-3)24(35-5)21(16-17)34-4/h9-10,12-13,15-16,22-23H,6-8,11,14H2,1-5H3/t22-,23+/m0/s1. The number of fused-ring (bicyclic) bond motifs is 3. The summed E-state index contributed by atoms with van der Waals surface area (Å²) in [6.07, 6.45) is 2.77. The number of hydrogen-bond acceptors (Lipinski definition) is 7. The summed E-state index contributed by atoms with van der Waals surface area (Å²) in [6.45, 7) is 4.47. The number of rotatable bonds is 10. The van der Waals surface area contributed by atoms with E-state index in [-0.39, 0.29) is 12.5 Å². The van der Waals surface area contributed by atoms with Gasteiger partial charge in [0.2, 0.25) is 17.6 Å². The molecule has 9 nitrogen and oxygen atoms in total. The second-order valence-corrected chi connectivity index (χ2v) is 8.60. The van der Waals surface area contributed by atoms with Gasteiger partial charge in [0.1, 0.15) is 0 Å². The highest BCUT2D eigenvalue weighted by Gasteiger charge is 2.48. The zero-order valence-corrected chi connectivity index (χ0v) is 21.4. The molecule has 0 radical (unpaired) electrons. The number of hydrogen-bond donors (Lipinski definition) is 0. The summed E-state index contributed by atoms with van der Waals surface area (Å²) in [5.41, 5.74) is 2.20. The Kier molecular flexibility index (Phi) is 7.67. The van der Waals surface area contributed by atoms with E-state index in [0.29, 0.717) is 35.3 Å². The molecule has 0 saturated heterocycles. The number of anilines is 1. The van der Waals surface area contributed by atoms with Crippen LogP contribution in [0, 0.1) is 5.92 Å². The van der Waals surface area contributed by atoms with Gasteiger partial charge in [-0.05, 0) is 43.2 Å². The average Bonchev–Trinajstić information content (AvgIpc) is 3.27. The first kappa shape index (κ1) is 25.3. The van der Waals surface area contributed by atoms with Crippen molar-refractivity contribution >= 4 is 28.9 Å². The van der Waals surface area contributed by atoms with E-state index in [4.69, 9.17) is 23.9 Å². The summed E-state index contributed by atoms with van der Waals surface area (Å²) in [7, 11) is 4.59. The quantitative estimate of drug-likeness (QED) is 0.234. The number of amides is 1. The van der Waals surface area contributed by atoms with Crippen molar-refractivity contribution in [2.24, 2.45) is 5.92 Å². The molecule has 192 valence electrons. The number of esters is 1. The molecule has 9 heteroatoms. The van der Waals surface area contributed by atoms with E-state index in [1.165, 1.54) is 21.3 Å². The summed E-state index contributed by atoms with van der Waals surface area (Å²) >= 11 is 0. The van der Waals surface area contributed by atoms with Crippen LogP contribution in [0.3, 0.4) is 0 Å². The van der Waals surface area contributed by atoms with Gasteiger partial charge in [-0.1, -0.05) is 31.9 Å². The Labute approximate surface area is 210 Å². The first-order chi connectivity index (χ1) is 17.5. The number of methoxy groups -OCH3 is 3. The monoisotopic (exact) mass is 495 g/mol. The fourth-order valence-electron chi connectivity index (χ4n) is 4.85. The maximum atomic E-state index is 14.0. The Morgan fingerprint density at radius 2 is 1.69 bits per heavy atom. The van der Waals surface area contributed by atoms with Crippen LogP contribution in [0.5, 0.6) is 17.2 Å². The zero-order chi connectivity index (χ0) is 25.8. The van der Waals surface area contributed by atoms with Gasteiger partial charge in [-0.25, -0.2) is 4.98 Å². The lowest BCUT2D eigenvalue weighted by Gasteiger charge is -2.38. The van der Waals surface area contributed by atoms with Crippen molar-refractivity contribution in [1.82, 2.24) is 9.55 Å². The van der Waals surface area contributed by atoms with Gasteiger partial charge in [-0.15, -0.1) is 0 Å². The first-order valence-electron chi connectivity index (χ1n) is 12.2. The smallest absolute Gasteiger partial charge is 0.321 e. The summed E-state index contributed by atoms with van der Waals surface area (Å²) in [5, 5.41) is 0. The topological polar surface area (TPSA) is 92.1 Å². The van der Waals surface area contributed by atoms with Crippen LogP contribution in [0.2, 0.25) is 0 Å². The average molecular weight is 496 g/mol. The summed E-state index contributed by atoms with van der Waals surface area (Å²) < 4.78 is 24.1. The molecular formula is C27H33N3O6. The second kappa shape index (κ2) is 10.9. The van der Waals surface area contributed by atoms with E-state index in [0.717, 1.165) is 30.3 Å². The molecule has 2 aromatic carbocycles. The first-order valence-corrected chi connectivity index (χ1v) is 12.2. The molecule has 2 heterocycles. The molecule has 1 aromatic heterocycles. The molecule has 0 saturated carbocycles. The molecule has 0 N–H and O–H groups in total. The van der Waals surface area contributed by atoms with Gasteiger partial charge >= 0.3 is 5.97 Å². The fourth-order valence-corrected chi connectivity index (χ4v) is 4.85. The molecule has 0 fully saturated rings. The Balaban J connectivity index is 2.00. The molecule has 3 aromatic rings. The SMILES string of the molecule is CCCCCN1C(=O)[C@@H](C(=O)OCC)[C@@H](c2cc(OC)c(OC)c(OC)c2)n2c1nc1ccccc12. The van der Waals surface area contributed by atoms with Gasteiger partial charge in [0, 0.05) is 6.54 Å². The Hall–Kier alpha value is -3.75. The third-order valence-corrected chi connectivity index (χ3v) is 6.50. The van der Waals surface area contributed by atoms with E-state index in [9.17, 15) is 9.59 Å². The number of benzene rings is 2. The Bertz CT molecular complexity index is 1230. The lowest BCUT2D eigenvalue weighted by atomic mass is 9.88. The molecule has 1 aliphatic rings. The van der Waals surface area contributed by atoms with Crippen LogP contribution in [-0.2, 0) is 14.3 Å². The van der Waals surface area contributed by atoms with Crippen molar-refractivity contribution < 1.29 is 28.5 Å². The molecule has 0 aliphatic carbocycles. The van der Waals surface area contributed by atoms with Gasteiger partial charge in [0.25, 0.3) is 0 Å². The molecular weight excluding hydrogens is 462 g/mol. The van der Waals surface area contributed by atoms with Crippen LogP contribution in [0.15, 0.2) is 36.4 Å². The lowest BCUT2D eigenvalue weighted by molar-refractivity contribution is -0.153. The minimum atomic E-state index is -1.11. The lowest BCUT2D eigenvalue weighted by Crippen LogP contribution is -2.50. The summed E-state index contributed by atoms with van der Waals surface area (Å²) in [6, 6.07) is 10.5. The van der Waals surface area contributed by atoms with Crippen molar-refractivity contribution in [3.8, 4) is 17.2 Å². The number of carbonyl (C=O) groups excluding carboxylic acids is 2. The van der Waals surface area contributed by atoms with Crippen molar-refractivity contribution in [3.05, 3.63) is 42.0 Å². The third kappa shape index (κ3) is 4.34. The van der Waals surface area contributed by atoms with E-state index in [2.05, 4.69) is 6.92 Å². The number of unbranched alkanes of at least 4 members (excludes halogenated alkanes) is 2. The van der Waals surface area contributed by atoms with Gasteiger partial charge < -0.3 is 23.5 Å². The highest BCUT2D eigenvalue weighted by atomic mass is 16.5. The van der Waals surface area contributed by atoms with Crippen molar-refractivity contribution in [2.45, 2.75) is 39.2 Å². The number of imidazole rings is 1. The maximum absolute atomic E-state index is 14.0. The van der Waals surface area contributed by atoms with Gasteiger partial charge in [-0.2, -0.15) is 0 Å². The summed E-state index contributed by atoms with van der Waals surface area (Å²) in [5.74, 6) is -0.223. The molecule has 0 bridgehead atoms. The highest BCUT2D eigenvalue weighted by molar-refractivity contribution is 6.08. The van der Waals surface area contributed by atoms with Crippen LogP contribution in [0.4, 0.5) is 5.95 Å². The molecule has 36 heavy (non-hydrogen) atoms. The van der Waals surface area contributed by atoms with Crippen LogP contribution < -0.4 is 19.1 Å². The number of nitrogens with zero attached hydrogens (tertiary/aromatic N) is 3. The van der Waals surface area contributed by atoms with Crippen molar-refractivity contribution in [1.29, 1.82) is 0 Å². The minimum absolute atomic E-state index is 0.165. The molecule has 0 spiro atoms. The third-order valence-electron chi connectivity index (χ3n) is 6.50. The largest absolute Gasteiger partial charge is 0.493 e. The van der Waals surface area contributed by atoms with Gasteiger partial charge in [0.05, 0.1) is 45.0 Å². The molecule has 1 aliphatic heterocycles. The predicted octanol–water partition coefficient (Wildman–Crippen LogP) is 4.37. The van der Waals surface area contributed by atoms with Gasteiger partial charge in [-0.3, -0.25) is 14.5 Å². The van der Waals surface area contributed by atoms with Crippen LogP contribution in [-0.4, -0.2) is 55.9 Å². The Morgan fingerprint density at radius 1 is 1.00 bits per heavy atom. The fraction of sp³-hybridized carbons (Fsp3) is 0.444. The van der Waals surface area contributed by atoms with Crippen molar-refractivity contribution in [3.63, 3.8) is 0 Å². The zero-order valence-electron chi connectivity index (χ0n) is 21.4. The Morgan fingerprint density at radius 3 is 2.31 bits per heavy atom. The van der Waals surface area contributed by atoms with E-state index < -0.39 is 17.9 Å². The van der Waals surface area contributed by atoms with E-state index in [1.807, 2.05) is 28.8 Å². The molecule has 4 rings (SSSR count). The maximum Gasteiger partial charge on any atom is 0.321 e. The number of ether oxygens (including phenoxy) is 4. The number of carbonyl (C=O) groups is 2. The highest BCUT2D eigenvalue weighted by Crippen LogP contribution is 2.46. The van der Waals surface area contributed by atoms with Crippen LogP contribution in [0.1, 0.15) is 44.7 Å². The molecule has 2 atom stereocenters. The van der Waals surface area contributed by atoms with E-state index in [1.54, 1.807) is 24.0 Å². The normalized spacial score (nSPS) is 17.1. The van der Waals surface area contributed by atoms with E-state index >= 15 is 0 Å². The number of para-hydroxylation sites is 2. The minimum Gasteiger partial charge on any atom is -0.493 e. The molecule has 0 unspecified atom stereocenters. The van der Waals surface area contributed by atoms with Gasteiger partial charge in [0.15, 0.2) is 17.4 Å². The van der Waals surface area contributed by atoms with Crippen molar-refractivity contribution in [2.75, 3.05) is 39.4 Å². The summed E-state index contributed by atoms with van der Waals surface area (Å²) in [4.78, 5) is 33.8. The number of aromatic nitrogens is 2. The van der Waals surface area contributed by atoms with Crippen LogP contribution >= 0.6 is 0 Å². The molecule has 1 amide bonds. The van der Waals surface area contributed by atoms with Crippen LogP contribution in [0.25, 0.3) is 11.0 Å². The predicted molar refractivity (Wildman–Crippen MR) is 136 cm³/mol. The second-order valence-electron chi connectivity index (χ2n) is 8.60.